The number of hydrogen-bond acceptors (Lipinski definition) is 2. The smallest absolute Gasteiger partial charge is 0.143 e. The average molecular weight is 879 g/mol. The molecule has 0 spiro atoms. The second kappa shape index (κ2) is 15.7. The van der Waals surface area contributed by atoms with E-state index in [2.05, 4.69) is 264 Å². The molecule has 322 valence electrons. The van der Waals surface area contributed by atoms with Crippen molar-refractivity contribution in [1.29, 1.82) is 0 Å². The lowest BCUT2D eigenvalue weighted by Gasteiger charge is -2.28. The van der Waals surface area contributed by atoms with Crippen LogP contribution in [-0.2, 0) is 0 Å². The SMILES string of the molecule is c1ccc(N(c2ccc(-c3ccccc3-n3c4ccccc4c4ccccc43)cc2)c2ccc(-c3cc4ccccc4c4ccccc34)cc2)c(-c2cccc3c2oc2cc4ccccc4cc23)c1. The Balaban J connectivity index is 0.937. The molecule has 0 aliphatic rings. The number of fused-ring (bicyclic) bond motifs is 10. The molecule has 2 aromatic heterocycles. The fourth-order valence-corrected chi connectivity index (χ4v) is 11.0. The van der Waals surface area contributed by atoms with Crippen LogP contribution in [0.4, 0.5) is 17.1 Å². The third kappa shape index (κ3) is 6.29. The average Bonchev–Trinajstić information content (AvgIpc) is 3.96. The highest BCUT2D eigenvalue weighted by Gasteiger charge is 2.22. The minimum absolute atomic E-state index is 0.880. The maximum Gasteiger partial charge on any atom is 0.143 e. The second-order valence-electron chi connectivity index (χ2n) is 18.0. The Hall–Kier alpha value is -9.18. The van der Waals surface area contributed by atoms with Gasteiger partial charge < -0.3 is 13.9 Å². The number of anilines is 3. The zero-order valence-electron chi connectivity index (χ0n) is 37.6. The van der Waals surface area contributed by atoms with Gasteiger partial charge in [-0.1, -0.05) is 188 Å². The molecule has 12 aromatic carbocycles. The zero-order valence-corrected chi connectivity index (χ0v) is 37.6. The maximum atomic E-state index is 6.86. The minimum Gasteiger partial charge on any atom is -0.455 e. The molecule has 14 rings (SSSR count). The molecule has 2 heterocycles. The van der Waals surface area contributed by atoms with Gasteiger partial charge in [-0.3, -0.25) is 0 Å². The fraction of sp³-hybridized carbons (Fsp3) is 0. The standard InChI is InChI=1S/C66H42N2O/c1-2-17-46-42-65-60(40-45(46)16-1)58-27-15-26-57(66(58)69-65)56-25-10-12-29-62(56)67(49-38-34-44(35-39-49)59-41-47-18-3-4-19-50(47)52-21-5-6-22-53(52)59)48-36-32-43(33-37-48)51-20-7-11-28-61(51)68-63-30-13-8-23-54(63)55-24-9-14-31-64(55)68/h1-42H. The highest BCUT2D eigenvalue weighted by atomic mass is 16.3. The normalized spacial score (nSPS) is 11.8. The van der Waals surface area contributed by atoms with Crippen LogP contribution >= 0.6 is 0 Å². The molecule has 0 aliphatic carbocycles. The number of nitrogens with zero attached hydrogens (tertiary/aromatic N) is 2. The molecular formula is C66H42N2O. The number of para-hydroxylation sites is 5. The number of hydrogen-bond donors (Lipinski definition) is 0. The lowest BCUT2D eigenvalue weighted by atomic mass is 9.93. The Kier molecular flexibility index (Phi) is 8.90. The molecule has 69 heavy (non-hydrogen) atoms. The van der Waals surface area contributed by atoms with E-state index in [9.17, 15) is 0 Å². The van der Waals surface area contributed by atoms with Gasteiger partial charge in [0.1, 0.15) is 11.2 Å². The molecule has 0 saturated carbocycles. The van der Waals surface area contributed by atoms with Crippen molar-refractivity contribution in [1.82, 2.24) is 4.57 Å². The minimum atomic E-state index is 0.880. The molecule has 0 radical (unpaired) electrons. The van der Waals surface area contributed by atoms with Crippen LogP contribution in [-0.4, -0.2) is 4.57 Å². The topological polar surface area (TPSA) is 21.3 Å². The number of rotatable bonds is 7. The van der Waals surface area contributed by atoms with Crippen LogP contribution in [0.1, 0.15) is 0 Å². The van der Waals surface area contributed by atoms with Crippen molar-refractivity contribution in [3.8, 4) is 39.1 Å². The first-order valence-corrected chi connectivity index (χ1v) is 23.7. The van der Waals surface area contributed by atoms with Gasteiger partial charge in [0, 0.05) is 49.6 Å². The van der Waals surface area contributed by atoms with E-state index in [1.54, 1.807) is 0 Å². The second-order valence-corrected chi connectivity index (χ2v) is 18.0. The Labute approximate surface area is 399 Å². The van der Waals surface area contributed by atoms with Crippen molar-refractivity contribution in [3.05, 3.63) is 255 Å². The molecule has 0 unspecified atom stereocenters. The predicted molar refractivity (Wildman–Crippen MR) is 292 cm³/mol. The van der Waals surface area contributed by atoms with Crippen molar-refractivity contribution < 1.29 is 4.42 Å². The van der Waals surface area contributed by atoms with Gasteiger partial charge in [-0.2, -0.15) is 0 Å². The molecule has 14 aromatic rings. The van der Waals surface area contributed by atoms with Crippen molar-refractivity contribution in [2.75, 3.05) is 4.90 Å². The van der Waals surface area contributed by atoms with E-state index in [4.69, 9.17) is 4.42 Å². The monoisotopic (exact) mass is 878 g/mol. The fourth-order valence-electron chi connectivity index (χ4n) is 11.0. The molecule has 3 nitrogen and oxygen atoms in total. The van der Waals surface area contributed by atoms with Crippen LogP contribution in [0.25, 0.3) is 115 Å². The summed E-state index contributed by atoms with van der Waals surface area (Å²) in [5.41, 5.74) is 15.3. The van der Waals surface area contributed by atoms with E-state index in [1.165, 1.54) is 70.8 Å². The lowest BCUT2D eigenvalue weighted by Crippen LogP contribution is -2.11. The van der Waals surface area contributed by atoms with E-state index in [0.29, 0.717) is 0 Å². The van der Waals surface area contributed by atoms with Crippen LogP contribution in [0, 0.1) is 0 Å². The van der Waals surface area contributed by atoms with Crippen LogP contribution in [0.5, 0.6) is 0 Å². The van der Waals surface area contributed by atoms with E-state index in [1.807, 2.05) is 0 Å². The van der Waals surface area contributed by atoms with E-state index < -0.39 is 0 Å². The molecule has 0 saturated heterocycles. The van der Waals surface area contributed by atoms with Gasteiger partial charge in [-0.05, 0) is 116 Å². The Bertz CT molecular complexity index is 4260. The third-order valence-electron chi connectivity index (χ3n) is 14.2. The van der Waals surface area contributed by atoms with Gasteiger partial charge >= 0.3 is 0 Å². The molecular weight excluding hydrogens is 837 g/mol. The summed E-state index contributed by atoms with van der Waals surface area (Å²) in [5.74, 6) is 0. The third-order valence-corrected chi connectivity index (χ3v) is 14.2. The Morgan fingerprint density at radius 3 is 1.52 bits per heavy atom. The summed E-state index contributed by atoms with van der Waals surface area (Å²) in [6.07, 6.45) is 0. The summed E-state index contributed by atoms with van der Waals surface area (Å²) in [4.78, 5) is 2.40. The maximum absolute atomic E-state index is 6.86. The van der Waals surface area contributed by atoms with Gasteiger partial charge in [0.15, 0.2) is 0 Å². The van der Waals surface area contributed by atoms with Gasteiger partial charge in [0.05, 0.1) is 22.4 Å². The first-order chi connectivity index (χ1) is 34.2. The van der Waals surface area contributed by atoms with Gasteiger partial charge in [0.25, 0.3) is 0 Å². The molecule has 0 atom stereocenters. The van der Waals surface area contributed by atoms with Crippen molar-refractivity contribution in [2.45, 2.75) is 0 Å². The number of benzene rings is 12. The molecule has 0 N–H and O–H groups in total. The first kappa shape index (κ1) is 39.0. The van der Waals surface area contributed by atoms with Crippen molar-refractivity contribution >= 4 is 93.1 Å². The quantitative estimate of drug-likeness (QED) is 0.149. The summed E-state index contributed by atoms with van der Waals surface area (Å²) < 4.78 is 9.28. The largest absolute Gasteiger partial charge is 0.455 e. The highest BCUT2D eigenvalue weighted by Crippen LogP contribution is 2.46. The van der Waals surface area contributed by atoms with Gasteiger partial charge in [-0.15, -0.1) is 0 Å². The summed E-state index contributed by atoms with van der Waals surface area (Å²) in [7, 11) is 0. The van der Waals surface area contributed by atoms with E-state index in [0.717, 1.165) is 61.4 Å². The van der Waals surface area contributed by atoms with E-state index >= 15 is 0 Å². The Morgan fingerprint density at radius 1 is 0.304 bits per heavy atom. The molecule has 0 aliphatic heterocycles. The molecule has 0 amide bonds. The van der Waals surface area contributed by atoms with Crippen molar-refractivity contribution in [2.24, 2.45) is 0 Å². The Morgan fingerprint density at radius 2 is 0.812 bits per heavy atom. The van der Waals surface area contributed by atoms with Crippen LogP contribution in [0.3, 0.4) is 0 Å². The summed E-state index contributed by atoms with van der Waals surface area (Å²) >= 11 is 0. The first-order valence-electron chi connectivity index (χ1n) is 23.7. The van der Waals surface area contributed by atoms with Gasteiger partial charge in [-0.25, -0.2) is 0 Å². The van der Waals surface area contributed by atoms with Gasteiger partial charge in [0.2, 0.25) is 0 Å². The molecule has 0 bridgehead atoms. The number of furan rings is 1. The van der Waals surface area contributed by atoms with Crippen LogP contribution in [0.15, 0.2) is 259 Å². The highest BCUT2D eigenvalue weighted by molar-refractivity contribution is 6.16. The molecule has 3 heteroatoms. The zero-order chi connectivity index (χ0) is 45.4. The van der Waals surface area contributed by atoms with Crippen LogP contribution < -0.4 is 4.90 Å². The lowest BCUT2D eigenvalue weighted by molar-refractivity contribution is 0.670. The van der Waals surface area contributed by atoms with Crippen molar-refractivity contribution in [3.63, 3.8) is 0 Å². The summed E-state index contributed by atoms with van der Waals surface area (Å²) in [5, 5.41) is 12.1. The van der Waals surface area contributed by atoms with Crippen LogP contribution in [0.2, 0.25) is 0 Å². The predicted octanol–water partition coefficient (Wildman–Crippen LogP) is 18.6. The summed E-state index contributed by atoms with van der Waals surface area (Å²) in [6, 6.07) is 92.4. The van der Waals surface area contributed by atoms with E-state index in [-0.39, 0.29) is 0 Å². The summed E-state index contributed by atoms with van der Waals surface area (Å²) in [6.45, 7) is 0. The molecule has 0 fully saturated rings. The number of aromatic nitrogens is 1.